The summed E-state index contributed by atoms with van der Waals surface area (Å²) < 4.78 is 1.69. The van der Waals surface area contributed by atoms with Gasteiger partial charge in [-0.15, -0.1) is 5.10 Å². The molecule has 6 heteroatoms. The third kappa shape index (κ3) is 2.55. The molecule has 4 aliphatic carbocycles. The van der Waals surface area contributed by atoms with Gasteiger partial charge in [-0.1, -0.05) is 18.2 Å². The molecule has 0 radical (unpaired) electrons. The average Bonchev–Trinajstić information content (AvgIpc) is 3.08. The topological polar surface area (TPSA) is 72.7 Å². The van der Waals surface area contributed by atoms with Crippen molar-refractivity contribution in [3.8, 4) is 5.69 Å². The molecule has 1 heterocycles. The van der Waals surface area contributed by atoms with Gasteiger partial charge in [0.2, 0.25) is 5.91 Å². The van der Waals surface area contributed by atoms with E-state index < -0.39 is 0 Å². The number of hydrogen-bond donors (Lipinski definition) is 1. The monoisotopic (exact) mass is 337 g/mol. The van der Waals surface area contributed by atoms with Crippen LogP contribution >= 0.6 is 0 Å². The van der Waals surface area contributed by atoms with Crippen molar-refractivity contribution < 1.29 is 4.79 Å². The highest BCUT2D eigenvalue weighted by Gasteiger charge is 2.54. The van der Waals surface area contributed by atoms with Crippen LogP contribution in [0.5, 0.6) is 0 Å². The van der Waals surface area contributed by atoms with Crippen molar-refractivity contribution >= 4 is 5.91 Å². The van der Waals surface area contributed by atoms with Gasteiger partial charge in [0, 0.05) is 5.41 Å². The normalized spacial score (nSPS) is 32.7. The minimum absolute atomic E-state index is 0.125. The van der Waals surface area contributed by atoms with E-state index in [1.165, 1.54) is 19.3 Å². The lowest BCUT2D eigenvalue weighted by Crippen LogP contribution is -2.53. The zero-order valence-corrected chi connectivity index (χ0v) is 14.3. The van der Waals surface area contributed by atoms with E-state index in [-0.39, 0.29) is 11.3 Å². The molecule has 25 heavy (non-hydrogen) atoms. The molecule has 0 spiro atoms. The fourth-order valence-corrected chi connectivity index (χ4v) is 5.82. The zero-order valence-electron chi connectivity index (χ0n) is 14.3. The lowest BCUT2D eigenvalue weighted by molar-refractivity contribution is -0.146. The summed E-state index contributed by atoms with van der Waals surface area (Å²) in [4.78, 5) is 13.1. The third-order valence-corrected chi connectivity index (χ3v) is 6.46. The standard InChI is InChI=1S/C19H23N5O/c25-18(19-9-13-6-14(10-19)8-15(7-13)11-19)20-12-17-21-22-23-24(17)16-4-2-1-3-5-16/h1-5,13-15H,6-12H2,(H,20,25). The second kappa shape index (κ2) is 5.64. The second-order valence-electron chi connectivity index (χ2n) is 8.22. The average molecular weight is 337 g/mol. The number of amides is 1. The van der Waals surface area contributed by atoms with Crippen LogP contribution in [0.25, 0.3) is 5.69 Å². The summed E-state index contributed by atoms with van der Waals surface area (Å²) in [5.41, 5.74) is 0.784. The van der Waals surface area contributed by atoms with Crippen molar-refractivity contribution in [3.05, 3.63) is 36.2 Å². The van der Waals surface area contributed by atoms with Gasteiger partial charge in [-0.25, -0.2) is 0 Å². The molecule has 2 aromatic rings. The fraction of sp³-hybridized carbons (Fsp3) is 0.579. The van der Waals surface area contributed by atoms with Crippen molar-refractivity contribution in [2.75, 3.05) is 0 Å². The third-order valence-electron chi connectivity index (χ3n) is 6.46. The minimum atomic E-state index is -0.125. The molecule has 4 saturated carbocycles. The Hall–Kier alpha value is -2.24. The molecule has 1 amide bonds. The summed E-state index contributed by atoms with van der Waals surface area (Å²) in [7, 11) is 0. The van der Waals surface area contributed by atoms with E-state index in [2.05, 4.69) is 20.8 Å². The first-order valence-electron chi connectivity index (χ1n) is 9.33. The Kier molecular flexibility index (Phi) is 3.40. The molecule has 4 aliphatic rings. The first kappa shape index (κ1) is 15.0. The van der Waals surface area contributed by atoms with Gasteiger partial charge in [0.1, 0.15) is 0 Å². The number of hydrogen-bond acceptors (Lipinski definition) is 4. The molecule has 4 fully saturated rings. The van der Waals surface area contributed by atoms with E-state index in [1.54, 1.807) is 4.68 Å². The first-order valence-corrected chi connectivity index (χ1v) is 9.33. The summed E-state index contributed by atoms with van der Waals surface area (Å²) in [5, 5.41) is 15.1. The number of nitrogens with zero attached hydrogens (tertiary/aromatic N) is 4. The van der Waals surface area contributed by atoms with Crippen molar-refractivity contribution in [2.45, 2.75) is 45.1 Å². The zero-order chi connectivity index (χ0) is 16.9. The van der Waals surface area contributed by atoms with E-state index in [0.717, 1.165) is 42.7 Å². The lowest BCUT2D eigenvalue weighted by atomic mass is 9.49. The largest absolute Gasteiger partial charge is 0.348 e. The fourth-order valence-electron chi connectivity index (χ4n) is 5.82. The minimum Gasteiger partial charge on any atom is -0.348 e. The van der Waals surface area contributed by atoms with Crippen LogP contribution in [0.4, 0.5) is 0 Å². The smallest absolute Gasteiger partial charge is 0.226 e. The molecule has 6 nitrogen and oxygen atoms in total. The number of benzene rings is 1. The van der Waals surface area contributed by atoms with Crippen LogP contribution in [0.1, 0.15) is 44.3 Å². The predicted molar refractivity (Wildman–Crippen MR) is 91.6 cm³/mol. The van der Waals surface area contributed by atoms with E-state index in [1.807, 2.05) is 30.3 Å². The molecule has 0 saturated heterocycles. The van der Waals surface area contributed by atoms with Crippen molar-refractivity contribution in [1.82, 2.24) is 25.5 Å². The maximum Gasteiger partial charge on any atom is 0.226 e. The van der Waals surface area contributed by atoms with E-state index in [4.69, 9.17) is 0 Å². The summed E-state index contributed by atoms with van der Waals surface area (Å²) >= 11 is 0. The number of carbonyl (C=O) groups excluding carboxylic acids is 1. The highest BCUT2D eigenvalue weighted by atomic mass is 16.2. The van der Waals surface area contributed by atoms with Gasteiger partial charge in [0.05, 0.1) is 12.2 Å². The molecule has 1 aromatic heterocycles. The molecular weight excluding hydrogens is 314 g/mol. The summed E-state index contributed by atoms with van der Waals surface area (Å²) in [6.45, 7) is 0.377. The van der Waals surface area contributed by atoms with Crippen LogP contribution in [0.3, 0.4) is 0 Å². The summed E-state index contributed by atoms with van der Waals surface area (Å²) in [6, 6.07) is 9.79. The number of aromatic nitrogens is 4. The highest BCUT2D eigenvalue weighted by Crippen LogP contribution is 2.60. The molecule has 0 unspecified atom stereocenters. The van der Waals surface area contributed by atoms with Gasteiger partial charge >= 0.3 is 0 Å². The highest BCUT2D eigenvalue weighted by molar-refractivity contribution is 5.83. The Morgan fingerprint density at radius 2 is 1.72 bits per heavy atom. The number of rotatable bonds is 4. The van der Waals surface area contributed by atoms with Crippen LogP contribution in [-0.4, -0.2) is 26.1 Å². The SMILES string of the molecule is O=C(NCc1nnnn1-c1ccccc1)C12CC3CC(CC(C3)C1)C2. The van der Waals surface area contributed by atoms with Gasteiger partial charge < -0.3 is 5.32 Å². The van der Waals surface area contributed by atoms with Gasteiger partial charge in [0.15, 0.2) is 5.82 Å². The number of para-hydroxylation sites is 1. The Morgan fingerprint density at radius 3 is 2.36 bits per heavy atom. The molecule has 1 aromatic carbocycles. The van der Waals surface area contributed by atoms with Gasteiger partial charge in [-0.3, -0.25) is 4.79 Å². The van der Waals surface area contributed by atoms with E-state index in [9.17, 15) is 4.79 Å². The number of tetrazole rings is 1. The molecule has 4 bridgehead atoms. The van der Waals surface area contributed by atoms with E-state index >= 15 is 0 Å². The van der Waals surface area contributed by atoms with E-state index in [0.29, 0.717) is 12.4 Å². The number of nitrogens with one attached hydrogen (secondary N) is 1. The summed E-state index contributed by atoms with van der Waals surface area (Å²) in [6.07, 6.45) is 7.27. The quantitative estimate of drug-likeness (QED) is 0.930. The Balaban J connectivity index is 1.31. The van der Waals surface area contributed by atoms with Crippen LogP contribution in [0.15, 0.2) is 30.3 Å². The van der Waals surface area contributed by atoms with Gasteiger partial charge in [-0.05, 0) is 78.8 Å². The van der Waals surface area contributed by atoms with Gasteiger partial charge in [0.25, 0.3) is 0 Å². The molecular formula is C19H23N5O. The number of carbonyl (C=O) groups is 1. The first-order chi connectivity index (χ1) is 12.2. The van der Waals surface area contributed by atoms with Crippen molar-refractivity contribution in [2.24, 2.45) is 23.2 Å². The van der Waals surface area contributed by atoms with Gasteiger partial charge in [-0.2, -0.15) is 4.68 Å². The van der Waals surface area contributed by atoms with Crippen LogP contribution in [0, 0.1) is 23.2 Å². The second-order valence-corrected chi connectivity index (χ2v) is 8.22. The maximum atomic E-state index is 13.1. The molecule has 0 atom stereocenters. The van der Waals surface area contributed by atoms with Crippen molar-refractivity contribution in [1.29, 1.82) is 0 Å². The molecule has 0 aliphatic heterocycles. The maximum absolute atomic E-state index is 13.1. The van der Waals surface area contributed by atoms with Crippen LogP contribution in [-0.2, 0) is 11.3 Å². The molecule has 1 N–H and O–H groups in total. The summed E-state index contributed by atoms with van der Waals surface area (Å²) in [5.74, 6) is 3.20. The Morgan fingerprint density at radius 1 is 1.08 bits per heavy atom. The molecule has 130 valence electrons. The Bertz CT molecular complexity index is 749. The predicted octanol–water partition coefficient (Wildman–Crippen LogP) is 2.49. The molecule has 6 rings (SSSR count). The lowest BCUT2D eigenvalue weighted by Gasteiger charge is -2.55. The van der Waals surface area contributed by atoms with Crippen LogP contribution in [0.2, 0.25) is 0 Å². The van der Waals surface area contributed by atoms with Crippen molar-refractivity contribution in [3.63, 3.8) is 0 Å². The van der Waals surface area contributed by atoms with Crippen LogP contribution < -0.4 is 5.32 Å². The Labute approximate surface area is 147 Å².